The van der Waals surface area contributed by atoms with Gasteiger partial charge in [-0.2, -0.15) is 0 Å². The first-order valence-corrected chi connectivity index (χ1v) is 6.51. The Morgan fingerprint density at radius 3 is 2.60 bits per heavy atom. The Morgan fingerprint density at radius 1 is 1.15 bits per heavy atom. The Hall–Kier alpha value is -2.20. The van der Waals surface area contributed by atoms with E-state index in [1.54, 1.807) is 12.1 Å². The van der Waals surface area contributed by atoms with Crippen molar-refractivity contribution in [3.8, 4) is 0 Å². The lowest BCUT2D eigenvalue weighted by molar-refractivity contribution is -0.117. The second-order valence-corrected chi connectivity index (χ2v) is 4.63. The number of benzene rings is 2. The maximum absolute atomic E-state index is 13.0. The Balaban J connectivity index is 1.86. The van der Waals surface area contributed by atoms with Gasteiger partial charge in [-0.25, -0.2) is 4.39 Å². The van der Waals surface area contributed by atoms with Gasteiger partial charge >= 0.3 is 0 Å². The van der Waals surface area contributed by atoms with Gasteiger partial charge in [0.1, 0.15) is 5.82 Å². The van der Waals surface area contributed by atoms with Crippen LogP contribution in [0.15, 0.2) is 54.6 Å². The molecular formula is C16H17FN2O. The molecule has 0 aliphatic rings. The van der Waals surface area contributed by atoms with Crippen molar-refractivity contribution in [3.05, 3.63) is 66.0 Å². The quantitative estimate of drug-likeness (QED) is 0.879. The van der Waals surface area contributed by atoms with Gasteiger partial charge in [0.2, 0.25) is 5.91 Å². The first kappa shape index (κ1) is 14.2. The fourth-order valence-corrected chi connectivity index (χ4v) is 1.90. The van der Waals surface area contributed by atoms with E-state index in [-0.39, 0.29) is 11.7 Å². The summed E-state index contributed by atoms with van der Waals surface area (Å²) in [6.07, 6.45) is 1.28. The maximum atomic E-state index is 13.0. The highest BCUT2D eigenvalue weighted by molar-refractivity contribution is 5.94. The normalized spacial score (nSPS) is 11.9. The van der Waals surface area contributed by atoms with Gasteiger partial charge in [0, 0.05) is 5.69 Å². The molecule has 0 aromatic heterocycles. The standard InChI is InChI=1S/C16H17FN2O/c17-13-7-4-8-14(11-13)19-16(20)15(18)10-9-12-5-2-1-3-6-12/h1-8,11,15H,9-10,18H2,(H,19,20)/t15-/m0/s1. The van der Waals surface area contributed by atoms with E-state index < -0.39 is 6.04 Å². The highest BCUT2D eigenvalue weighted by Gasteiger charge is 2.13. The summed E-state index contributed by atoms with van der Waals surface area (Å²) in [4.78, 5) is 11.9. The zero-order chi connectivity index (χ0) is 14.4. The number of carbonyl (C=O) groups is 1. The molecule has 104 valence electrons. The molecule has 0 saturated carbocycles. The van der Waals surface area contributed by atoms with Gasteiger partial charge in [-0.15, -0.1) is 0 Å². The van der Waals surface area contributed by atoms with Crippen LogP contribution in [-0.2, 0) is 11.2 Å². The first-order valence-electron chi connectivity index (χ1n) is 6.51. The van der Waals surface area contributed by atoms with Crippen LogP contribution >= 0.6 is 0 Å². The molecule has 0 radical (unpaired) electrons. The minimum Gasteiger partial charge on any atom is -0.325 e. The topological polar surface area (TPSA) is 55.1 Å². The van der Waals surface area contributed by atoms with Crippen LogP contribution in [0.1, 0.15) is 12.0 Å². The van der Waals surface area contributed by atoms with E-state index in [1.165, 1.54) is 12.1 Å². The summed E-state index contributed by atoms with van der Waals surface area (Å²) in [6, 6.07) is 15.0. The number of amides is 1. The number of hydrogen-bond acceptors (Lipinski definition) is 2. The molecule has 4 heteroatoms. The predicted molar refractivity (Wildman–Crippen MR) is 77.8 cm³/mol. The van der Waals surface area contributed by atoms with Crippen LogP contribution in [0, 0.1) is 5.82 Å². The van der Waals surface area contributed by atoms with Gasteiger partial charge in [0.05, 0.1) is 6.04 Å². The third-order valence-corrected chi connectivity index (χ3v) is 3.02. The molecule has 0 saturated heterocycles. The monoisotopic (exact) mass is 272 g/mol. The molecule has 1 amide bonds. The van der Waals surface area contributed by atoms with E-state index in [0.717, 1.165) is 12.0 Å². The van der Waals surface area contributed by atoms with Gasteiger partial charge in [0.25, 0.3) is 0 Å². The van der Waals surface area contributed by atoms with Gasteiger partial charge in [-0.3, -0.25) is 4.79 Å². The van der Waals surface area contributed by atoms with Gasteiger partial charge in [-0.1, -0.05) is 36.4 Å². The SMILES string of the molecule is N[C@@H](CCc1ccccc1)C(=O)Nc1cccc(F)c1. The Morgan fingerprint density at radius 2 is 1.90 bits per heavy atom. The molecule has 0 fully saturated rings. The van der Waals surface area contributed by atoms with Crippen molar-refractivity contribution < 1.29 is 9.18 Å². The summed E-state index contributed by atoms with van der Waals surface area (Å²) in [5.74, 6) is -0.688. The molecule has 0 spiro atoms. The van der Waals surface area contributed by atoms with Crippen molar-refractivity contribution in [1.29, 1.82) is 0 Å². The van der Waals surface area contributed by atoms with Crippen molar-refractivity contribution in [1.82, 2.24) is 0 Å². The van der Waals surface area contributed by atoms with Crippen LogP contribution in [0.4, 0.5) is 10.1 Å². The lowest BCUT2D eigenvalue weighted by Gasteiger charge is -2.12. The van der Waals surface area contributed by atoms with Crippen molar-refractivity contribution in [2.75, 3.05) is 5.32 Å². The number of anilines is 1. The van der Waals surface area contributed by atoms with Crippen LogP contribution in [0.2, 0.25) is 0 Å². The minimum absolute atomic E-state index is 0.300. The Kier molecular flexibility index (Phi) is 4.85. The molecule has 0 unspecified atom stereocenters. The van der Waals surface area contributed by atoms with Crippen LogP contribution in [0.25, 0.3) is 0 Å². The summed E-state index contributed by atoms with van der Waals surface area (Å²) in [7, 11) is 0. The molecule has 3 nitrogen and oxygen atoms in total. The molecule has 0 bridgehead atoms. The third-order valence-electron chi connectivity index (χ3n) is 3.02. The molecule has 0 aliphatic carbocycles. The van der Waals surface area contributed by atoms with Crippen molar-refractivity contribution in [3.63, 3.8) is 0 Å². The lowest BCUT2D eigenvalue weighted by atomic mass is 10.1. The number of rotatable bonds is 5. The summed E-state index contributed by atoms with van der Waals surface area (Å²) in [6.45, 7) is 0. The number of carbonyl (C=O) groups excluding carboxylic acids is 1. The second kappa shape index (κ2) is 6.82. The summed E-state index contributed by atoms with van der Waals surface area (Å²) in [5, 5.41) is 2.61. The van der Waals surface area contributed by atoms with Gasteiger partial charge in [-0.05, 0) is 36.6 Å². The zero-order valence-electron chi connectivity index (χ0n) is 11.1. The number of nitrogens with two attached hydrogens (primary N) is 1. The highest BCUT2D eigenvalue weighted by atomic mass is 19.1. The molecule has 2 aromatic carbocycles. The molecule has 1 atom stereocenters. The summed E-state index contributed by atoms with van der Waals surface area (Å²) in [5.41, 5.74) is 7.41. The number of hydrogen-bond donors (Lipinski definition) is 2. The van der Waals surface area contributed by atoms with Crippen molar-refractivity contribution >= 4 is 11.6 Å². The average Bonchev–Trinajstić information content (AvgIpc) is 2.46. The Bertz CT molecular complexity index is 572. The first-order chi connectivity index (χ1) is 9.65. The number of halogens is 1. The average molecular weight is 272 g/mol. The van der Waals surface area contributed by atoms with Crippen LogP contribution in [0.5, 0.6) is 0 Å². The van der Waals surface area contributed by atoms with Gasteiger partial charge < -0.3 is 11.1 Å². The van der Waals surface area contributed by atoms with Crippen molar-refractivity contribution in [2.45, 2.75) is 18.9 Å². The zero-order valence-corrected chi connectivity index (χ0v) is 11.1. The largest absolute Gasteiger partial charge is 0.325 e. The lowest BCUT2D eigenvalue weighted by Crippen LogP contribution is -2.36. The van der Waals surface area contributed by atoms with E-state index in [4.69, 9.17) is 5.73 Å². The van der Waals surface area contributed by atoms with Crippen LogP contribution in [-0.4, -0.2) is 11.9 Å². The van der Waals surface area contributed by atoms with Crippen LogP contribution in [0.3, 0.4) is 0 Å². The molecular weight excluding hydrogens is 255 g/mol. The van der Waals surface area contributed by atoms with Crippen LogP contribution < -0.4 is 11.1 Å². The summed E-state index contributed by atoms with van der Waals surface area (Å²) < 4.78 is 13.0. The number of nitrogens with one attached hydrogen (secondary N) is 1. The molecule has 0 aliphatic heterocycles. The van der Waals surface area contributed by atoms with Gasteiger partial charge in [0.15, 0.2) is 0 Å². The minimum atomic E-state index is -0.613. The molecule has 0 heterocycles. The second-order valence-electron chi connectivity index (χ2n) is 4.63. The molecule has 2 aromatic rings. The van der Waals surface area contributed by atoms with E-state index in [9.17, 15) is 9.18 Å². The summed E-state index contributed by atoms with van der Waals surface area (Å²) >= 11 is 0. The predicted octanol–water partition coefficient (Wildman–Crippen LogP) is 2.72. The van der Waals surface area contributed by atoms with E-state index in [1.807, 2.05) is 30.3 Å². The highest BCUT2D eigenvalue weighted by Crippen LogP contribution is 2.10. The van der Waals surface area contributed by atoms with E-state index in [2.05, 4.69) is 5.32 Å². The van der Waals surface area contributed by atoms with E-state index in [0.29, 0.717) is 12.1 Å². The van der Waals surface area contributed by atoms with Crippen molar-refractivity contribution in [2.24, 2.45) is 5.73 Å². The fourth-order valence-electron chi connectivity index (χ4n) is 1.90. The maximum Gasteiger partial charge on any atom is 0.241 e. The third kappa shape index (κ3) is 4.17. The molecule has 20 heavy (non-hydrogen) atoms. The molecule has 3 N–H and O–H groups in total. The fraction of sp³-hybridized carbons (Fsp3) is 0.188. The smallest absolute Gasteiger partial charge is 0.241 e. The Labute approximate surface area is 117 Å². The van der Waals surface area contributed by atoms with E-state index >= 15 is 0 Å². The molecule has 2 rings (SSSR count). The number of aryl methyl sites for hydroxylation is 1.